The van der Waals surface area contributed by atoms with Crippen LogP contribution >= 0.6 is 15.9 Å². The minimum atomic E-state index is 0.258. The van der Waals surface area contributed by atoms with Gasteiger partial charge in [-0.1, -0.05) is 15.9 Å². The Bertz CT molecular complexity index is 556. The fourth-order valence-corrected chi connectivity index (χ4v) is 2.81. The van der Waals surface area contributed by atoms with E-state index in [0.29, 0.717) is 6.04 Å². The topological polar surface area (TPSA) is 49.9 Å². The maximum Gasteiger partial charge on any atom is 0.124 e. The first kappa shape index (κ1) is 12.7. The molecule has 5 heteroatoms. The lowest BCUT2D eigenvalue weighted by Crippen LogP contribution is -2.29. The number of aromatic nitrogens is 2. The third-order valence-electron chi connectivity index (χ3n) is 3.48. The third kappa shape index (κ3) is 2.67. The predicted octanol–water partition coefficient (Wildman–Crippen LogP) is 3.35. The van der Waals surface area contributed by atoms with Crippen molar-refractivity contribution in [1.29, 1.82) is 0 Å². The summed E-state index contributed by atoms with van der Waals surface area (Å²) in [6.07, 6.45) is 4.77. The number of hydrogen-bond donors (Lipinski definition) is 2. The molecule has 0 aliphatic carbocycles. The van der Waals surface area contributed by atoms with Crippen molar-refractivity contribution in [1.82, 2.24) is 15.5 Å². The van der Waals surface area contributed by atoms with E-state index in [-0.39, 0.29) is 6.04 Å². The number of rotatable bonds is 3. The molecule has 2 N–H and O–H groups in total. The van der Waals surface area contributed by atoms with Crippen molar-refractivity contribution in [2.24, 2.45) is 0 Å². The van der Waals surface area contributed by atoms with Gasteiger partial charge in [-0.2, -0.15) is 5.10 Å². The third-order valence-corrected chi connectivity index (χ3v) is 3.98. The maximum atomic E-state index is 5.70. The highest BCUT2D eigenvalue weighted by molar-refractivity contribution is 9.10. The molecular formula is C14H16BrN3O. The highest BCUT2D eigenvalue weighted by atomic mass is 79.9. The first-order valence-corrected chi connectivity index (χ1v) is 7.20. The summed E-state index contributed by atoms with van der Waals surface area (Å²) in [7, 11) is 0. The summed E-state index contributed by atoms with van der Waals surface area (Å²) in [5.74, 6) is 0.978. The number of aromatic amines is 1. The van der Waals surface area contributed by atoms with E-state index in [2.05, 4.69) is 44.4 Å². The Morgan fingerprint density at radius 1 is 1.53 bits per heavy atom. The molecule has 2 aromatic rings. The van der Waals surface area contributed by atoms with Crippen LogP contribution in [-0.4, -0.2) is 16.8 Å². The van der Waals surface area contributed by atoms with Crippen molar-refractivity contribution >= 4 is 15.9 Å². The summed E-state index contributed by atoms with van der Waals surface area (Å²) in [4.78, 5) is 0. The lowest BCUT2D eigenvalue weighted by molar-refractivity contribution is 0.246. The van der Waals surface area contributed by atoms with Gasteiger partial charge in [0, 0.05) is 40.3 Å². The summed E-state index contributed by atoms with van der Waals surface area (Å²) in [5.41, 5.74) is 2.39. The number of nitrogens with one attached hydrogen (secondary N) is 2. The molecule has 2 heterocycles. The standard InChI is InChI=1S/C14H16BrN3O/c1-9(10-7-16-17-8-10)18-13-4-5-19-14-3-2-11(15)6-12(13)14/h2-3,6-9,13,18H,4-5H2,1H3,(H,16,17). The Morgan fingerprint density at radius 2 is 2.42 bits per heavy atom. The number of hydrogen-bond acceptors (Lipinski definition) is 3. The van der Waals surface area contributed by atoms with E-state index in [9.17, 15) is 0 Å². The zero-order valence-corrected chi connectivity index (χ0v) is 12.3. The number of halogens is 1. The largest absolute Gasteiger partial charge is 0.493 e. The molecule has 0 bridgehead atoms. The minimum Gasteiger partial charge on any atom is -0.493 e. The number of H-pyrrole nitrogens is 1. The molecule has 1 aliphatic heterocycles. The molecule has 0 spiro atoms. The molecule has 0 radical (unpaired) electrons. The second kappa shape index (κ2) is 5.35. The van der Waals surface area contributed by atoms with Gasteiger partial charge in [0.25, 0.3) is 0 Å². The predicted molar refractivity (Wildman–Crippen MR) is 77.1 cm³/mol. The molecule has 0 amide bonds. The van der Waals surface area contributed by atoms with E-state index < -0.39 is 0 Å². The average Bonchev–Trinajstić information content (AvgIpc) is 2.93. The number of fused-ring (bicyclic) bond motifs is 1. The fourth-order valence-electron chi connectivity index (χ4n) is 2.43. The van der Waals surface area contributed by atoms with E-state index in [1.807, 2.05) is 24.5 Å². The summed E-state index contributed by atoms with van der Waals surface area (Å²) in [6.45, 7) is 2.91. The minimum absolute atomic E-state index is 0.258. The smallest absolute Gasteiger partial charge is 0.124 e. The van der Waals surface area contributed by atoms with Crippen LogP contribution in [-0.2, 0) is 0 Å². The Morgan fingerprint density at radius 3 is 3.21 bits per heavy atom. The Kier molecular flexibility index (Phi) is 3.57. The normalized spacial score (nSPS) is 19.6. The maximum absolute atomic E-state index is 5.70. The second-order valence-corrected chi connectivity index (χ2v) is 5.71. The van der Waals surface area contributed by atoms with Crippen LogP contribution in [0.1, 0.15) is 36.6 Å². The molecule has 3 rings (SSSR count). The molecule has 1 aliphatic rings. The lowest BCUT2D eigenvalue weighted by atomic mass is 9.99. The zero-order valence-electron chi connectivity index (χ0n) is 10.7. The average molecular weight is 322 g/mol. The molecule has 4 nitrogen and oxygen atoms in total. The van der Waals surface area contributed by atoms with Gasteiger partial charge in [-0.15, -0.1) is 0 Å². The molecule has 0 saturated heterocycles. The highest BCUT2D eigenvalue weighted by Crippen LogP contribution is 2.35. The molecule has 0 fully saturated rings. The van der Waals surface area contributed by atoms with Crippen molar-refractivity contribution in [2.45, 2.75) is 25.4 Å². The van der Waals surface area contributed by atoms with E-state index >= 15 is 0 Å². The SMILES string of the molecule is CC(NC1CCOc2ccc(Br)cc21)c1cn[nH]c1. The molecule has 2 atom stereocenters. The quantitative estimate of drug-likeness (QED) is 0.911. The summed E-state index contributed by atoms with van der Waals surface area (Å²) < 4.78 is 6.78. The van der Waals surface area contributed by atoms with Crippen LogP contribution in [0.4, 0.5) is 0 Å². The van der Waals surface area contributed by atoms with Crippen LogP contribution in [0.5, 0.6) is 5.75 Å². The van der Waals surface area contributed by atoms with Crippen LogP contribution in [0, 0.1) is 0 Å². The van der Waals surface area contributed by atoms with Gasteiger partial charge >= 0.3 is 0 Å². The van der Waals surface area contributed by atoms with E-state index in [4.69, 9.17) is 4.74 Å². The molecule has 100 valence electrons. The van der Waals surface area contributed by atoms with E-state index in [0.717, 1.165) is 23.2 Å². The Labute approximate surface area is 120 Å². The molecule has 2 unspecified atom stereocenters. The van der Waals surface area contributed by atoms with Crippen LogP contribution in [0.3, 0.4) is 0 Å². The molecule has 19 heavy (non-hydrogen) atoms. The summed E-state index contributed by atoms with van der Waals surface area (Å²) in [6, 6.07) is 6.74. The number of nitrogens with zero attached hydrogens (tertiary/aromatic N) is 1. The van der Waals surface area contributed by atoms with E-state index in [1.54, 1.807) is 0 Å². The van der Waals surface area contributed by atoms with Crippen molar-refractivity contribution in [2.75, 3.05) is 6.61 Å². The molecule has 0 saturated carbocycles. The van der Waals surface area contributed by atoms with Crippen molar-refractivity contribution in [3.63, 3.8) is 0 Å². The van der Waals surface area contributed by atoms with Gasteiger partial charge in [-0.05, 0) is 25.1 Å². The fraction of sp³-hybridized carbons (Fsp3) is 0.357. The zero-order chi connectivity index (χ0) is 13.2. The Hall–Kier alpha value is -1.33. The Balaban J connectivity index is 1.81. The van der Waals surface area contributed by atoms with Crippen molar-refractivity contribution < 1.29 is 4.74 Å². The molecular weight excluding hydrogens is 306 g/mol. The summed E-state index contributed by atoms with van der Waals surface area (Å²) in [5, 5.41) is 10.5. The number of ether oxygens (including phenoxy) is 1. The monoisotopic (exact) mass is 321 g/mol. The van der Waals surface area contributed by atoms with Gasteiger partial charge in [0.05, 0.1) is 12.8 Å². The first-order valence-electron chi connectivity index (χ1n) is 6.41. The summed E-state index contributed by atoms with van der Waals surface area (Å²) >= 11 is 3.52. The number of benzene rings is 1. The van der Waals surface area contributed by atoms with Crippen LogP contribution < -0.4 is 10.1 Å². The first-order chi connectivity index (χ1) is 9.24. The van der Waals surface area contributed by atoms with Gasteiger partial charge in [0.1, 0.15) is 5.75 Å². The van der Waals surface area contributed by atoms with Crippen molar-refractivity contribution in [3.05, 3.63) is 46.2 Å². The van der Waals surface area contributed by atoms with Gasteiger partial charge in [0.2, 0.25) is 0 Å². The van der Waals surface area contributed by atoms with Crippen LogP contribution in [0.25, 0.3) is 0 Å². The van der Waals surface area contributed by atoms with E-state index in [1.165, 1.54) is 11.1 Å². The van der Waals surface area contributed by atoms with Gasteiger partial charge in [0.15, 0.2) is 0 Å². The van der Waals surface area contributed by atoms with Gasteiger partial charge in [-0.25, -0.2) is 0 Å². The van der Waals surface area contributed by atoms with Crippen molar-refractivity contribution in [3.8, 4) is 5.75 Å². The molecule has 1 aromatic carbocycles. The van der Waals surface area contributed by atoms with Gasteiger partial charge in [-0.3, -0.25) is 5.10 Å². The lowest BCUT2D eigenvalue weighted by Gasteiger charge is -2.29. The molecule has 1 aromatic heterocycles. The van der Waals surface area contributed by atoms with Crippen LogP contribution in [0.2, 0.25) is 0 Å². The highest BCUT2D eigenvalue weighted by Gasteiger charge is 2.23. The van der Waals surface area contributed by atoms with Gasteiger partial charge < -0.3 is 10.1 Å². The van der Waals surface area contributed by atoms with Crippen LogP contribution in [0.15, 0.2) is 35.1 Å². The second-order valence-electron chi connectivity index (χ2n) is 4.79.